The number of nitrogens with zero attached hydrogens (tertiary/aromatic N) is 1. The number of benzene rings is 1. The molecule has 1 aliphatic heterocycles. The molecule has 1 aliphatic rings. The average molecular weight is 247 g/mol. The van der Waals surface area contributed by atoms with E-state index in [4.69, 9.17) is 0 Å². The molecule has 98 valence electrons. The number of carbonyl (C=O) groups excluding carboxylic acids is 1. The molecule has 0 radical (unpaired) electrons. The van der Waals surface area contributed by atoms with Crippen LogP contribution in [0.4, 0.5) is 11.4 Å². The Balaban J connectivity index is 2.25. The van der Waals surface area contributed by atoms with Gasteiger partial charge in [-0.3, -0.25) is 4.79 Å². The summed E-state index contributed by atoms with van der Waals surface area (Å²) in [6.07, 6.45) is 0.490. The Kier molecular flexibility index (Phi) is 3.30. The molecule has 0 unspecified atom stereocenters. The van der Waals surface area contributed by atoms with Crippen molar-refractivity contribution < 1.29 is 4.79 Å². The van der Waals surface area contributed by atoms with E-state index in [1.165, 1.54) is 0 Å². The van der Waals surface area contributed by atoms with Crippen LogP contribution in [-0.2, 0) is 11.2 Å². The van der Waals surface area contributed by atoms with Gasteiger partial charge in [0.25, 0.3) is 0 Å². The number of hydrogen-bond acceptors (Lipinski definition) is 3. The van der Waals surface area contributed by atoms with E-state index in [1.807, 2.05) is 13.1 Å². The quantitative estimate of drug-likeness (QED) is 0.849. The standard InChI is InChI=1S/C14H21N3O/c1-14(2,9-15-3)17(4)11-5-6-12-10(7-11)8-13(18)16-12/h5-7,15H,8-9H2,1-4H3,(H,16,18). The van der Waals surface area contributed by atoms with E-state index in [0.717, 1.165) is 23.5 Å². The normalized spacial score (nSPS) is 14.3. The summed E-state index contributed by atoms with van der Waals surface area (Å²) in [5.41, 5.74) is 3.21. The Hall–Kier alpha value is -1.55. The van der Waals surface area contributed by atoms with E-state index in [0.29, 0.717) is 6.42 Å². The number of likely N-dealkylation sites (N-methyl/N-ethyl adjacent to an activating group) is 2. The Morgan fingerprint density at radius 1 is 1.44 bits per heavy atom. The van der Waals surface area contributed by atoms with Crippen molar-refractivity contribution >= 4 is 17.3 Å². The van der Waals surface area contributed by atoms with Crippen molar-refractivity contribution in [3.63, 3.8) is 0 Å². The molecule has 0 fully saturated rings. The molecule has 0 atom stereocenters. The second-order valence-corrected chi connectivity index (χ2v) is 5.47. The number of amides is 1. The molecule has 1 aromatic carbocycles. The highest BCUT2D eigenvalue weighted by atomic mass is 16.1. The van der Waals surface area contributed by atoms with Crippen LogP contribution < -0.4 is 15.5 Å². The fraction of sp³-hybridized carbons (Fsp3) is 0.500. The third-order valence-electron chi connectivity index (χ3n) is 3.62. The summed E-state index contributed by atoms with van der Waals surface area (Å²) in [7, 11) is 4.05. The zero-order chi connectivity index (χ0) is 13.3. The lowest BCUT2D eigenvalue weighted by Gasteiger charge is -2.37. The summed E-state index contributed by atoms with van der Waals surface area (Å²) in [4.78, 5) is 13.6. The first-order chi connectivity index (χ1) is 8.44. The van der Waals surface area contributed by atoms with E-state index in [1.54, 1.807) is 0 Å². The molecule has 1 heterocycles. The Labute approximate surface area is 108 Å². The molecule has 0 aliphatic carbocycles. The molecule has 1 aromatic rings. The van der Waals surface area contributed by atoms with Crippen LogP contribution >= 0.6 is 0 Å². The lowest BCUT2D eigenvalue weighted by Crippen LogP contribution is -2.48. The van der Waals surface area contributed by atoms with Crippen molar-refractivity contribution in [3.8, 4) is 0 Å². The first-order valence-electron chi connectivity index (χ1n) is 6.25. The van der Waals surface area contributed by atoms with Gasteiger partial charge >= 0.3 is 0 Å². The van der Waals surface area contributed by atoms with Crippen LogP contribution in [0.1, 0.15) is 19.4 Å². The van der Waals surface area contributed by atoms with Gasteiger partial charge in [-0.15, -0.1) is 0 Å². The van der Waals surface area contributed by atoms with E-state index < -0.39 is 0 Å². The molecule has 0 spiro atoms. The first kappa shape index (κ1) is 12.9. The maximum atomic E-state index is 11.3. The molecular weight excluding hydrogens is 226 g/mol. The van der Waals surface area contributed by atoms with Crippen molar-refractivity contribution in [1.29, 1.82) is 0 Å². The monoisotopic (exact) mass is 247 g/mol. The van der Waals surface area contributed by atoms with Gasteiger partial charge in [0.2, 0.25) is 5.91 Å². The second-order valence-electron chi connectivity index (χ2n) is 5.47. The molecule has 4 nitrogen and oxygen atoms in total. The zero-order valence-electron chi connectivity index (χ0n) is 11.5. The summed E-state index contributed by atoms with van der Waals surface area (Å²) >= 11 is 0. The minimum atomic E-state index is 0.0268. The maximum Gasteiger partial charge on any atom is 0.228 e. The van der Waals surface area contributed by atoms with E-state index in [-0.39, 0.29) is 11.4 Å². The molecule has 0 saturated heterocycles. The summed E-state index contributed by atoms with van der Waals surface area (Å²) in [6.45, 7) is 5.29. The lowest BCUT2D eigenvalue weighted by molar-refractivity contribution is -0.115. The van der Waals surface area contributed by atoms with E-state index >= 15 is 0 Å². The first-order valence-corrected chi connectivity index (χ1v) is 6.25. The molecule has 4 heteroatoms. The van der Waals surface area contributed by atoms with Gasteiger partial charge in [-0.25, -0.2) is 0 Å². The van der Waals surface area contributed by atoms with Gasteiger partial charge in [-0.1, -0.05) is 0 Å². The zero-order valence-corrected chi connectivity index (χ0v) is 11.5. The molecule has 18 heavy (non-hydrogen) atoms. The Bertz CT molecular complexity index is 468. The van der Waals surface area contributed by atoms with Crippen LogP contribution in [0.25, 0.3) is 0 Å². The van der Waals surface area contributed by atoms with Crippen LogP contribution in [0.15, 0.2) is 18.2 Å². The molecule has 0 saturated carbocycles. The number of carbonyl (C=O) groups is 1. The molecule has 2 N–H and O–H groups in total. The van der Waals surface area contributed by atoms with E-state index in [2.05, 4.69) is 48.6 Å². The highest BCUT2D eigenvalue weighted by molar-refractivity contribution is 5.99. The third kappa shape index (κ3) is 2.34. The van der Waals surface area contributed by atoms with Gasteiger partial charge in [0.05, 0.1) is 6.42 Å². The molecular formula is C14H21N3O. The summed E-state index contributed by atoms with van der Waals surface area (Å²) in [5.74, 6) is 0.0827. The van der Waals surface area contributed by atoms with Crippen LogP contribution in [0, 0.1) is 0 Å². The van der Waals surface area contributed by atoms with Crippen molar-refractivity contribution in [2.24, 2.45) is 0 Å². The molecule has 2 rings (SSSR count). The number of rotatable bonds is 4. The predicted octanol–water partition coefficient (Wildman–Crippen LogP) is 1.62. The van der Waals surface area contributed by atoms with Crippen LogP contribution in [0.2, 0.25) is 0 Å². The number of nitrogens with one attached hydrogen (secondary N) is 2. The van der Waals surface area contributed by atoms with Crippen LogP contribution in [0.5, 0.6) is 0 Å². The van der Waals surface area contributed by atoms with Gasteiger partial charge in [-0.05, 0) is 44.7 Å². The van der Waals surface area contributed by atoms with Gasteiger partial charge in [-0.2, -0.15) is 0 Å². The fourth-order valence-electron chi connectivity index (χ4n) is 2.33. The lowest BCUT2D eigenvalue weighted by atomic mass is 10.0. The largest absolute Gasteiger partial charge is 0.368 e. The Morgan fingerprint density at radius 2 is 2.17 bits per heavy atom. The topological polar surface area (TPSA) is 44.4 Å². The fourth-order valence-corrected chi connectivity index (χ4v) is 2.33. The van der Waals surface area contributed by atoms with Crippen LogP contribution in [-0.4, -0.2) is 32.1 Å². The van der Waals surface area contributed by atoms with Crippen molar-refractivity contribution in [2.75, 3.05) is 30.9 Å². The molecule has 0 bridgehead atoms. The maximum absolute atomic E-state index is 11.3. The minimum Gasteiger partial charge on any atom is -0.368 e. The van der Waals surface area contributed by atoms with Gasteiger partial charge in [0.15, 0.2) is 0 Å². The number of anilines is 2. The third-order valence-corrected chi connectivity index (χ3v) is 3.62. The van der Waals surface area contributed by atoms with Gasteiger partial charge in [0.1, 0.15) is 0 Å². The van der Waals surface area contributed by atoms with Crippen molar-refractivity contribution in [1.82, 2.24) is 5.32 Å². The summed E-state index contributed by atoms with van der Waals surface area (Å²) in [6, 6.07) is 6.15. The van der Waals surface area contributed by atoms with Crippen molar-refractivity contribution in [3.05, 3.63) is 23.8 Å². The Morgan fingerprint density at radius 3 is 2.83 bits per heavy atom. The van der Waals surface area contributed by atoms with Crippen molar-refractivity contribution in [2.45, 2.75) is 25.8 Å². The summed E-state index contributed by atoms with van der Waals surface area (Å²) < 4.78 is 0. The average Bonchev–Trinajstić information content (AvgIpc) is 2.66. The second kappa shape index (κ2) is 4.61. The SMILES string of the molecule is CNCC(C)(C)N(C)c1ccc2c(c1)CC(=O)N2. The van der Waals surface area contributed by atoms with E-state index in [9.17, 15) is 4.79 Å². The highest BCUT2D eigenvalue weighted by Gasteiger charge is 2.25. The molecule has 1 amide bonds. The van der Waals surface area contributed by atoms with Gasteiger partial charge < -0.3 is 15.5 Å². The molecule has 0 aromatic heterocycles. The van der Waals surface area contributed by atoms with Crippen LogP contribution in [0.3, 0.4) is 0 Å². The number of fused-ring (bicyclic) bond motifs is 1. The summed E-state index contributed by atoms with van der Waals surface area (Å²) in [5, 5.41) is 6.07. The van der Waals surface area contributed by atoms with Gasteiger partial charge in [0, 0.05) is 30.5 Å². The minimum absolute atomic E-state index is 0.0268. The predicted molar refractivity (Wildman–Crippen MR) is 75.2 cm³/mol. The number of hydrogen-bond donors (Lipinski definition) is 2. The highest BCUT2D eigenvalue weighted by Crippen LogP contribution is 2.30. The smallest absolute Gasteiger partial charge is 0.228 e.